The molecule has 1 fully saturated rings. The first-order chi connectivity index (χ1) is 9.93. The van der Waals surface area contributed by atoms with Crippen molar-refractivity contribution >= 4 is 23.2 Å². The molecule has 1 aromatic rings. The quantitative estimate of drug-likeness (QED) is 0.748. The van der Waals surface area contributed by atoms with Gasteiger partial charge in [-0.2, -0.15) is 0 Å². The highest BCUT2D eigenvalue weighted by molar-refractivity contribution is 6.31. The number of nitrogens with two attached hydrogens (primary N) is 1. The number of carbonyl (C=O) groups is 1. The van der Waals surface area contributed by atoms with E-state index in [-0.39, 0.29) is 12.5 Å². The van der Waals surface area contributed by atoms with Crippen LogP contribution in [0.2, 0.25) is 5.02 Å². The molecule has 1 aliphatic rings. The molecule has 0 atom stereocenters. The van der Waals surface area contributed by atoms with E-state index in [2.05, 4.69) is 12.2 Å². The van der Waals surface area contributed by atoms with Crippen LogP contribution >= 0.6 is 11.6 Å². The fourth-order valence-corrected chi connectivity index (χ4v) is 3.04. The second-order valence-electron chi connectivity index (χ2n) is 5.99. The average Bonchev–Trinajstić information content (AvgIpc) is 2.48. The Hall–Kier alpha value is -1.26. The predicted octanol–water partition coefficient (Wildman–Crippen LogP) is 2.98. The van der Waals surface area contributed by atoms with Gasteiger partial charge in [0.1, 0.15) is 0 Å². The predicted molar refractivity (Wildman–Crippen MR) is 85.4 cm³/mol. The molecule has 4 nitrogen and oxygen atoms in total. The highest BCUT2D eigenvalue weighted by Gasteiger charge is 2.33. The fraction of sp³-hybridized carbons (Fsp3) is 0.562. The highest BCUT2D eigenvalue weighted by Crippen LogP contribution is 2.33. The van der Waals surface area contributed by atoms with Crippen LogP contribution in [-0.4, -0.2) is 23.2 Å². The maximum atomic E-state index is 12.2. The number of anilines is 1. The van der Waals surface area contributed by atoms with E-state index >= 15 is 0 Å². The zero-order valence-corrected chi connectivity index (χ0v) is 13.1. The van der Waals surface area contributed by atoms with Crippen LogP contribution in [0.25, 0.3) is 0 Å². The lowest BCUT2D eigenvalue weighted by Gasteiger charge is -2.35. The molecule has 5 heteroatoms. The first kappa shape index (κ1) is 16.1. The molecule has 0 unspecified atom stereocenters. The van der Waals surface area contributed by atoms with Crippen LogP contribution < -0.4 is 11.1 Å². The van der Waals surface area contributed by atoms with Crippen LogP contribution in [0.15, 0.2) is 18.2 Å². The van der Waals surface area contributed by atoms with Gasteiger partial charge in [0, 0.05) is 17.3 Å². The number of hydrogen-bond acceptors (Lipinski definition) is 3. The molecule has 2 rings (SSSR count). The molecule has 116 valence electrons. The summed E-state index contributed by atoms with van der Waals surface area (Å²) in [6, 6.07) is 4.80. The summed E-state index contributed by atoms with van der Waals surface area (Å²) in [4.78, 5) is 12.2. The molecule has 1 aromatic carbocycles. The van der Waals surface area contributed by atoms with Crippen LogP contribution in [0.1, 0.15) is 49.4 Å². The Kier molecular flexibility index (Phi) is 5.12. The molecule has 21 heavy (non-hydrogen) atoms. The maximum Gasteiger partial charge on any atom is 0.253 e. The molecule has 0 aliphatic heterocycles. The average molecular weight is 311 g/mol. The van der Waals surface area contributed by atoms with Gasteiger partial charge in [0.25, 0.3) is 5.91 Å². The van der Waals surface area contributed by atoms with Gasteiger partial charge in [-0.15, -0.1) is 0 Å². The largest absolute Gasteiger partial charge is 0.398 e. The lowest BCUT2D eigenvalue weighted by atomic mass is 9.78. The first-order valence-electron chi connectivity index (χ1n) is 7.49. The third-order valence-corrected chi connectivity index (χ3v) is 4.69. The minimum absolute atomic E-state index is 0.258. The molecular formula is C16H23ClN2O2. The van der Waals surface area contributed by atoms with E-state index in [0.29, 0.717) is 22.2 Å². The lowest BCUT2D eigenvalue weighted by Crippen LogP contribution is -2.45. The van der Waals surface area contributed by atoms with Crippen molar-refractivity contribution < 1.29 is 9.90 Å². The van der Waals surface area contributed by atoms with Crippen molar-refractivity contribution in [2.75, 3.05) is 12.3 Å². The Bertz CT molecular complexity index is 511. The molecule has 4 N–H and O–H groups in total. The van der Waals surface area contributed by atoms with Crippen molar-refractivity contribution in [3.8, 4) is 0 Å². The van der Waals surface area contributed by atoms with Crippen LogP contribution in [0.3, 0.4) is 0 Å². The Morgan fingerprint density at radius 2 is 2.14 bits per heavy atom. The van der Waals surface area contributed by atoms with Gasteiger partial charge < -0.3 is 16.2 Å². The number of nitrogens with one attached hydrogen (secondary N) is 1. The van der Waals surface area contributed by atoms with Gasteiger partial charge in [-0.3, -0.25) is 4.79 Å². The summed E-state index contributed by atoms with van der Waals surface area (Å²) >= 11 is 5.88. The molecule has 0 bridgehead atoms. The van der Waals surface area contributed by atoms with Crippen molar-refractivity contribution in [3.05, 3.63) is 28.8 Å². The molecule has 0 heterocycles. The zero-order valence-electron chi connectivity index (χ0n) is 12.4. The van der Waals surface area contributed by atoms with Crippen molar-refractivity contribution in [1.82, 2.24) is 5.32 Å². The van der Waals surface area contributed by atoms with Crippen molar-refractivity contribution in [3.63, 3.8) is 0 Å². The molecule has 1 amide bonds. The first-order valence-corrected chi connectivity index (χ1v) is 7.87. The number of benzene rings is 1. The summed E-state index contributed by atoms with van der Waals surface area (Å²) in [7, 11) is 0. The van der Waals surface area contributed by atoms with Gasteiger partial charge in [-0.1, -0.05) is 24.9 Å². The van der Waals surface area contributed by atoms with E-state index in [4.69, 9.17) is 17.3 Å². The van der Waals surface area contributed by atoms with Crippen LogP contribution in [0.4, 0.5) is 5.69 Å². The second kappa shape index (κ2) is 6.67. The second-order valence-corrected chi connectivity index (χ2v) is 6.43. The minimum atomic E-state index is -0.797. The minimum Gasteiger partial charge on any atom is -0.398 e. The van der Waals surface area contributed by atoms with E-state index in [9.17, 15) is 9.90 Å². The Morgan fingerprint density at radius 1 is 1.48 bits per heavy atom. The van der Waals surface area contributed by atoms with Gasteiger partial charge in [0.15, 0.2) is 0 Å². The van der Waals surface area contributed by atoms with Gasteiger partial charge in [0.2, 0.25) is 0 Å². The molecule has 0 radical (unpaired) electrons. The van der Waals surface area contributed by atoms with E-state index in [1.54, 1.807) is 18.2 Å². The molecule has 0 saturated heterocycles. The number of amides is 1. The fourth-order valence-electron chi connectivity index (χ4n) is 2.87. The molecular weight excluding hydrogens is 288 g/mol. The third-order valence-electron chi connectivity index (χ3n) is 4.45. The highest BCUT2D eigenvalue weighted by atomic mass is 35.5. The van der Waals surface area contributed by atoms with Crippen LogP contribution in [-0.2, 0) is 0 Å². The summed E-state index contributed by atoms with van der Waals surface area (Å²) in [5, 5.41) is 13.8. The number of halogens is 1. The zero-order chi connectivity index (χ0) is 15.5. The number of hydrogen-bond donors (Lipinski definition) is 3. The SMILES string of the molecule is CCC1CCC(O)(CNC(=O)c2cc(Cl)ccc2N)CC1. The Morgan fingerprint density at radius 3 is 2.76 bits per heavy atom. The van der Waals surface area contributed by atoms with Gasteiger partial charge in [-0.05, 0) is 49.8 Å². The summed E-state index contributed by atoms with van der Waals surface area (Å²) in [5.41, 5.74) is 5.73. The summed E-state index contributed by atoms with van der Waals surface area (Å²) in [6.45, 7) is 2.44. The summed E-state index contributed by atoms with van der Waals surface area (Å²) in [5.74, 6) is 0.408. The molecule has 1 saturated carbocycles. The Labute approximate surface area is 130 Å². The number of rotatable bonds is 4. The third kappa shape index (κ3) is 4.11. The topological polar surface area (TPSA) is 75.3 Å². The van der Waals surface area contributed by atoms with Gasteiger partial charge in [0.05, 0.1) is 11.2 Å². The summed E-state index contributed by atoms with van der Waals surface area (Å²) in [6.07, 6.45) is 4.65. The molecule has 1 aliphatic carbocycles. The smallest absolute Gasteiger partial charge is 0.253 e. The standard InChI is InChI=1S/C16H23ClN2O2/c1-2-11-5-7-16(21,8-6-11)10-19-15(20)13-9-12(17)3-4-14(13)18/h3-4,9,11,21H,2,5-8,10,18H2,1H3,(H,19,20). The van der Waals surface area contributed by atoms with Crippen LogP contribution in [0, 0.1) is 5.92 Å². The molecule has 0 aromatic heterocycles. The van der Waals surface area contributed by atoms with E-state index in [1.807, 2.05) is 0 Å². The van der Waals surface area contributed by atoms with Crippen molar-refractivity contribution in [2.24, 2.45) is 5.92 Å². The van der Waals surface area contributed by atoms with Crippen molar-refractivity contribution in [1.29, 1.82) is 0 Å². The summed E-state index contributed by atoms with van der Waals surface area (Å²) < 4.78 is 0. The van der Waals surface area contributed by atoms with E-state index in [1.165, 1.54) is 0 Å². The number of carbonyl (C=O) groups excluding carboxylic acids is 1. The number of aliphatic hydroxyl groups is 1. The Balaban J connectivity index is 1.93. The monoisotopic (exact) mass is 310 g/mol. The van der Waals surface area contributed by atoms with Crippen LogP contribution in [0.5, 0.6) is 0 Å². The van der Waals surface area contributed by atoms with E-state index < -0.39 is 5.60 Å². The lowest BCUT2D eigenvalue weighted by molar-refractivity contribution is -0.00786. The van der Waals surface area contributed by atoms with Gasteiger partial charge >= 0.3 is 0 Å². The number of nitrogen functional groups attached to an aromatic ring is 1. The van der Waals surface area contributed by atoms with Gasteiger partial charge in [-0.25, -0.2) is 0 Å². The maximum absolute atomic E-state index is 12.2. The molecule has 0 spiro atoms. The normalized spacial score (nSPS) is 25.6. The van der Waals surface area contributed by atoms with Crippen molar-refractivity contribution in [2.45, 2.75) is 44.6 Å². The van der Waals surface area contributed by atoms with E-state index in [0.717, 1.165) is 32.1 Å².